The second-order valence-corrected chi connectivity index (χ2v) is 2.67. The van der Waals surface area contributed by atoms with Gasteiger partial charge >= 0.3 is 29.6 Å². The van der Waals surface area contributed by atoms with Gasteiger partial charge in [0.1, 0.15) is 0 Å². The van der Waals surface area contributed by atoms with Gasteiger partial charge in [0.15, 0.2) is 0 Å². The van der Waals surface area contributed by atoms with Crippen molar-refractivity contribution >= 4 is 0 Å². The molecule has 1 aromatic rings. The Morgan fingerprint density at radius 1 is 0.727 bits per heavy atom. The summed E-state index contributed by atoms with van der Waals surface area (Å²) in [6, 6.07) is 6.56. The van der Waals surface area contributed by atoms with Gasteiger partial charge in [0, 0.05) is 0 Å². The summed E-state index contributed by atoms with van der Waals surface area (Å²) in [5.74, 6) is 0. The van der Waals surface area contributed by atoms with Crippen molar-refractivity contribution in [3.8, 4) is 0 Å². The number of aryl methyl sites for hydroxylation is 3. The number of hydrogen-bond donors (Lipinski definition) is 0. The predicted octanol–water partition coefficient (Wildman–Crippen LogP) is -0.561. The molecule has 56 valence electrons. The molecule has 11 heavy (non-hydrogen) atoms. The van der Waals surface area contributed by atoms with E-state index in [1.54, 1.807) is 0 Å². The standard InChI is InChI=1S/C9H12.Na.H2O/c1-7-4-8(2)6-9(3)5-7;;/h4-6H,1-3H3;;1H2/q;+1;/p-1. The Morgan fingerprint density at radius 2 is 0.909 bits per heavy atom. The maximum atomic E-state index is 2.19. The zero-order chi connectivity index (χ0) is 6.85. The molecule has 1 nitrogen and oxygen atoms in total. The third-order valence-electron chi connectivity index (χ3n) is 1.37. The molecular weight excluding hydrogens is 147 g/mol. The van der Waals surface area contributed by atoms with Gasteiger partial charge in [-0.25, -0.2) is 0 Å². The first kappa shape index (κ1) is 13.7. The summed E-state index contributed by atoms with van der Waals surface area (Å²) in [5, 5.41) is 0. The molecule has 0 bridgehead atoms. The average molecular weight is 160 g/mol. The molecule has 0 heterocycles. The topological polar surface area (TPSA) is 30.0 Å². The molecule has 1 N–H and O–H groups in total. The molecular formula is C9H13NaO. The van der Waals surface area contributed by atoms with Crippen LogP contribution in [0.4, 0.5) is 0 Å². The normalized spacial score (nSPS) is 7.91. The van der Waals surface area contributed by atoms with Crippen molar-refractivity contribution in [3.05, 3.63) is 34.9 Å². The Morgan fingerprint density at radius 3 is 1.09 bits per heavy atom. The van der Waals surface area contributed by atoms with E-state index < -0.39 is 0 Å². The van der Waals surface area contributed by atoms with Gasteiger partial charge in [0.2, 0.25) is 0 Å². The maximum absolute atomic E-state index is 2.19. The minimum Gasteiger partial charge on any atom is -0.870 e. The van der Waals surface area contributed by atoms with E-state index in [1.165, 1.54) is 16.7 Å². The minimum atomic E-state index is 0. The maximum Gasteiger partial charge on any atom is 1.00 e. The van der Waals surface area contributed by atoms with Crippen LogP contribution in [0.2, 0.25) is 0 Å². The van der Waals surface area contributed by atoms with Crippen molar-refractivity contribution in [1.82, 2.24) is 0 Å². The van der Waals surface area contributed by atoms with Crippen LogP contribution in [0.1, 0.15) is 16.7 Å². The van der Waals surface area contributed by atoms with E-state index in [1.807, 2.05) is 0 Å². The second-order valence-electron chi connectivity index (χ2n) is 2.67. The molecule has 0 aliphatic rings. The molecule has 0 spiro atoms. The monoisotopic (exact) mass is 160 g/mol. The first-order valence-electron chi connectivity index (χ1n) is 3.23. The van der Waals surface area contributed by atoms with Crippen LogP contribution in [0.25, 0.3) is 0 Å². The van der Waals surface area contributed by atoms with Crippen LogP contribution in [-0.2, 0) is 0 Å². The fraction of sp³-hybridized carbons (Fsp3) is 0.333. The fourth-order valence-electron chi connectivity index (χ4n) is 1.20. The summed E-state index contributed by atoms with van der Waals surface area (Å²) in [6.07, 6.45) is 0. The van der Waals surface area contributed by atoms with Crippen molar-refractivity contribution in [1.29, 1.82) is 0 Å². The Labute approximate surface area is 90.4 Å². The summed E-state index contributed by atoms with van der Waals surface area (Å²) >= 11 is 0. The van der Waals surface area contributed by atoms with E-state index in [-0.39, 0.29) is 35.0 Å². The Balaban J connectivity index is 0. The van der Waals surface area contributed by atoms with Crippen LogP contribution in [0.5, 0.6) is 0 Å². The van der Waals surface area contributed by atoms with Crippen molar-refractivity contribution in [2.24, 2.45) is 0 Å². The van der Waals surface area contributed by atoms with E-state index >= 15 is 0 Å². The van der Waals surface area contributed by atoms with E-state index in [4.69, 9.17) is 0 Å². The van der Waals surface area contributed by atoms with Gasteiger partial charge in [-0.15, -0.1) is 0 Å². The van der Waals surface area contributed by atoms with Gasteiger partial charge in [-0.05, 0) is 20.8 Å². The van der Waals surface area contributed by atoms with Crippen molar-refractivity contribution < 1.29 is 35.0 Å². The van der Waals surface area contributed by atoms with Gasteiger partial charge in [0.05, 0.1) is 0 Å². The third-order valence-corrected chi connectivity index (χ3v) is 1.37. The second kappa shape index (κ2) is 5.78. The molecule has 0 fully saturated rings. The Bertz CT molecular complexity index is 170. The minimum absolute atomic E-state index is 0. The summed E-state index contributed by atoms with van der Waals surface area (Å²) < 4.78 is 0. The molecule has 0 radical (unpaired) electrons. The zero-order valence-electron chi connectivity index (χ0n) is 7.68. The van der Waals surface area contributed by atoms with Crippen LogP contribution >= 0.6 is 0 Å². The average Bonchev–Trinajstić information content (AvgIpc) is 1.59. The molecule has 0 aliphatic carbocycles. The molecule has 2 heteroatoms. The van der Waals surface area contributed by atoms with Crippen LogP contribution < -0.4 is 29.6 Å². The number of benzene rings is 1. The summed E-state index contributed by atoms with van der Waals surface area (Å²) in [7, 11) is 0. The van der Waals surface area contributed by atoms with Crippen molar-refractivity contribution in [2.75, 3.05) is 0 Å². The van der Waals surface area contributed by atoms with Gasteiger partial charge < -0.3 is 5.48 Å². The Hall–Kier alpha value is 0.180. The fourth-order valence-corrected chi connectivity index (χ4v) is 1.20. The van der Waals surface area contributed by atoms with Crippen LogP contribution in [-0.4, -0.2) is 5.48 Å². The quantitative estimate of drug-likeness (QED) is 0.468. The molecule has 1 rings (SSSR count). The number of hydrogen-bond acceptors (Lipinski definition) is 1. The van der Waals surface area contributed by atoms with Gasteiger partial charge in [-0.3, -0.25) is 0 Å². The SMILES string of the molecule is Cc1cc(C)cc(C)c1.[Na+].[OH-]. The first-order valence-corrected chi connectivity index (χ1v) is 3.23. The third kappa shape index (κ3) is 4.59. The van der Waals surface area contributed by atoms with Crippen LogP contribution in [0.15, 0.2) is 18.2 Å². The largest absolute Gasteiger partial charge is 1.00 e. The molecule has 0 aromatic heterocycles. The van der Waals surface area contributed by atoms with Crippen molar-refractivity contribution in [3.63, 3.8) is 0 Å². The van der Waals surface area contributed by atoms with Crippen molar-refractivity contribution in [2.45, 2.75) is 20.8 Å². The van der Waals surface area contributed by atoms with E-state index in [0.717, 1.165) is 0 Å². The number of rotatable bonds is 0. The summed E-state index contributed by atoms with van der Waals surface area (Å²) in [6.45, 7) is 6.38. The smallest absolute Gasteiger partial charge is 0.870 e. The summed E-state index contributed by atoms with van der Waals surface area (Å²) in [4.78, 5) is 0. The first-order chi connectivity index (χ1) is 4.18. The predicted molar refractivity (Wildman–Crippen MR) is 42.6 cm³/mol. The van der Waals surface area contributed by atoms with Crippen LogP contribution in [0.3, 0.4) is 0 Å². The summed E-state index contributed by atoms with van der Waals surface area (Å²) in [5.41, 5.74) is 4.06. The van der Waals surface area contributed by atoms with E-state index in [2.05, 4.69) is 39.0 Å². The molecule has 0 amide bonds. The molecule has 0 aliphatic heterocycles. The van der Waals surface area contributed by atoms with E-state index in [0.29, 0.717) is 0 Å². The molecule has 0 unspecified atom stereocenters. The van der Waals surface area contributed by atoms with Gasteiger partial charge in [-0.1, -0.05) is 34.9 Å². The van der Waals surface area contributed by atoms with E-state index in [9.17, 15) is 0 Å². The van der Waals surface area contributed by atoms with Gasteiger partial charge in [-0.2, -0.15) is 0 Å². The Kier molecular flexibility index (Phi) is 7.23. The molecule has 1 aromatic carbocycles. The molecule has 0 atom stereocenters. The van der Waals surface area contributed by atoms with Gasteiger partial charge in [0.25, 0.3) is 0 Å². The zero-order valence-corrected chi connectivity index (χ0v) is 9.68. The molecule has 0 saturated heterocycles. The molecule has 0 saturated carbocycles. The van der Waals surface area contributed by atoms with Crippen LogP contribution in [0, 0.1) is 20.8 Å².